The second kappa shape index (κ2) is 7.06. The Balaban J connectivity index is 1.60. The molecule has 2 aliphatic rings. The number of aliphatic imine (C=N–C) groups is 1. The van der Waals surface area contributed by atoms with Crippen LogP contribution in [-0.4, -0.2) is 49.5 Å². The van der Waals surface area contributed by atoms with Crippen LogP contribution in [0.1, 0.15) is 17.5 Å². The number of hydrogen-bond donors (Lipinski definition) is 2. The largest absolute Gasteiger partial charge is 0.491 e. The highest BCUT2D eigenvalue weighted by Crippen LogP contribution is 2.28. The molecule has 0 unspecified atom stereocenters. The monoisotopic (exact) mass is 338 g/mol. The molecule has 0 saturated carbocycles. The maximum atomic E-state index is 5.43. The number of hydrogen-bond acceptors (Lipinski definition) is 7. The van der Waals surface area contributed by atoms with Crippen LogP contribution in [-0.2, 0) is 6.54 Å². The highest BCUT2D eigenvalue weighted by Gasteiger charge is 2.16. The molecule has 1 fully saturated rings. The van der Waals surface area contributed by atoms with Crippen LogP contribution in [0.15, 0.2) is 29.4 Å². The molecule has 25 heavy (non-hydrogen) atoms. The molecule has 0 amide bonds. The van der Waals surface area contributed by atoms with Crippen molar-refractivity contribution in [1.82, 2.24) is 15.3 Å². The molecule has 0 aliphatic carbocycles. The van der Waals surface area contributed by atoms with Crippen LogP contribution in [0.2, 0.25) is 0 Å². The molecule has 7 nitrogen and oxygen atoms in total. The lowest BCUT2D eigenvalue weighted by Crippen LogP contribution is -2.29. The number of ether oxygens (including phenoxy) is 1. The lowest BCUT2D eigenvalue weighted by molar-refractivity contribution is 0.413. The highest BCUT2D eigenvalue weighted by atomic mass is 16.5. The summed E-state index contributed by atoms with van der Waals surface area (Å²) in [4.78, 5) is 15.7. The number of methoxy groups -OCH3 is 1. The maximum Gasteiger partial charge on any atom is 0.227 e. The number of nitrogens with one attached hydrogen (secondary N) is 2. The molecule has 1 aromatic heterocycles. The van der Waals surface area contributed by atoms with Gasteiger partial charge < -0.3 is 20.3 Å². The van der Waals surface area contributed by atoms with Crippen molar-refractivity contribution in [3.05, 3.63) is 35.5 Å². The number of aromatic nitrogens is 2. The number of nitrogens with zero attached hydrogens (tertiary/aromatic N) is 4. The summed E-state index contributed by atoms with van der Waals surface area (Å²) in [6, 6.07) is 6.23. The van der Waals surface area contributed by atoms with E-state index in [2.05, 4.69) is 37.6 Å². The van der Waals surface area contributed by atoms with Gasteiger partial charge in [-0.3, -0.25) is 4.99 Å². The first-order chi connectivity index (χ1) is 12.3. The zero-order valence-electron chi connectivity index (χ0n) is 14.3. The number of anilines is 3. The van der Waals surface area contributed by atoms with E-state index >= 15 is 0 Å². The van der Waals surface area contributed by atoms with E-state index in [1.165, 1.54) is 5.56 Å². The fourth-order valence-corrected chi connectivity index (χ4v) is 3.11. The lowest BCUT2D eigenvalue weighted by atomic mass is 10.1. The van der Waals surface area contributed by atoms with Crippen molar-refractivity contribution in [2.45, 2.75) is 13.0 Å². The zero-order chi connectivity index (χ0) is 17.1. The predicted octanol–water partition coefficient (Wildman–Crippen LogP) is 1.96. The van der Waals surface area contributed by atoms with Gasteiger partial charge in [-0.05, 0) is 36.2 Å². The molecule has 1 aromatic carbocycles. The van der Waals surface area contributed by atoms with Gasteiger partial charge in [0.05, 0.1) is 19.9 Å². The van der Waals surface area contributed by atoms with Crippen LogP contribution in [0.5, 0.6) is 5.75 Å². The third-order valence-corrected chi connectivity index (χ3v) is 4.49. The first kappa shape index (κ1) is 15.8. The van der Waals surface area contributed by atoms with Crippen LogP contribution in [0.3, 0.4) is 0 Å². The quantitative estimate of drug-likeness (QED) is 0.888. The number of benzene rings is 1. The molecule has 2 aliphatic heterocycles. The van der Waals surface area contributed by atoms with E-state index in [9.17, 15) is 0 Å². The maximum absolute atomic E-state index is 5.43. The Bertz CT molecular complexity index is 783. The smallest absolute Gasteiger partial charge is 0.227 e. The topological polar surface area (TPSA) is 74.7 Å². The molecule has 0 radical (unpaired) electrons. The van der Waals surface area contributed by atoms with Gasteiger partial charge >= 0.3 is 0 Å². The van der Waals surface area contributed by atoms with Gasteiger partial charge in [-0.1, -0.05) is 6.07 Å². The fourth-order valence-electron chi connectivity index (χ4n) is 3.11. The van der Waals surface area contributed by atoms with Crippen molar-refractivity contribution in [2.24, 2.45) is 4.99 Å². The third kappa shape index (κ3) is 3.41. The average Bonchev–Trinajstić information content (AvgIpc) is 2.93. The second-order valence-corrected chi connectivity index (χ2v) is 6.19. The molecule has 2 aromatic rings. The molecule has 130 valence electrons. The molecule has 1 saturated heterocycles. The Morgan fingerprint density at radius 2 is 2.20 bits per heavy atom. The minimum Gasteiger partial charge on any atom is -0.491 e. The van der Waals surface area contributed by atoms with Gasteiger partial charge in [0.15, 0.2) is 11.6 Å². The minimum atomic E-state index is 0.630. The molecule has 0 spiro atoms. The van der Waals surface area contributed by atoms with E-state index in [1.54, 1.807) is 13.3 Å². The molecular weight excluding hydrogens is 316 g/mol. The van der Waals surface area contributed by atoms with Crippen LogP contribution in [0.4, 0.5) is 17.5 Å². The number of rotatable bonds is 4. The van der Waals surface area contributed by atoms with E-state index in [0.29, 0.717) is 11.6 Å². The predicted molar refractivity (Wildman–Crippen MR) is 99.3 cm³/mol. The van der Waals surface area contributed by atoms with E-state index in [-0.39, 0.29) is 0 Å². The van der Waals surface area contributed by atoms with E-state index < -0.39 is 0 Å². The summed E-state index contributed by atoms with van der Waals surface area (Å²) in [5.41, 5.74) is 3.36. The Morgan fingerprint density at radius 3 is 3.12 bits per heavy atom. The molecule has 3 heterocycles. The van der Waals surface area contributed by atoms with E-state index in [0.717, 1.165) is 56.3 Å². The Morgan fingerprint density at radius 1 is 1.24 bits per heavy atom. The Hall–Kier alpha value is -2.67. The van der Waals surface area contributed by atoms with Gasteiger partial charge in [0.2, 0.25) is 5.95 Å². The van der Waals surface area contributed by atoms with Gasteiger partial charge in [-0.25, -0.2) is 4.98 Å². The SMILES string of the molecule is COc1cnc(N2CCCNCC2)nc1Nc1ccc2c(c1)C=NC2. The van der Waals surface area contributed by atoms with Gasteiger partial charge in [-0.2, -0.15) is 4.98 Å². The fraction of sp³-hybridized carbons (Fsp3) is 0.389. The van der Waals surface area contributed by atoms with E-state index in [1.807, 2.05) is 12.3 Å². The average molecular weight is 338 g/mol. The van der Waals surface area contributed by atoms with Gasteiger partial charge in [0.25, 0.3) is 0 Å². The van der Waals surface area contributed by atoms with Crippen molar-refractivity contribution in [3.63, 3.8) is 0 Å². The molecule has 0 atom stereocenters. The molecule has 0 bridgehead atoms. The van der Waals surface area contributed by atoms with Crippen molar-refractivity contribution >= 4 is 23.7 Å². The summed E-state index contributed by atoms with van der Waals surface area (Å²) in [5.74, 6) is 2.04. The summed E-state index contributed by atoms with van der Waals surface area (Å²) in [5, 5.41) is 6.77. The molecule has 7 heteroatoms. The Kier molecular flexibility index (Phi) is 4.47. The summed E-state index contributed by atoms with van der Waals surface area (Å²) in [6.07, 6.45) is 4.73. The van der Waals surface area contributed by atoms with Crippen molar-refractivity contribution in [3.8, 4) is 5.75 Å². The van der Waals surface area contributed by atoms with Crippen LogP contribution < -0.4 is 20.3 Å². The van der Waals surface area contributed by atoms with Crippen LogP contribution >= 0.6 is 0 Å². The van der Waals surface area contributed by atoms with Gasteiger partial charge in [0.1, 0.15) is 0 Å². The summed E-state index contributed by atoms with van der Waals surface area (Å²) >= 11 is 0. The second-order valence-electron chi connectivity index (χ2n) is 6.19. The van der Waals surface area contributed by atoms with Crippen molar-refractivity contribution in [2.75, 3.05) is 43.5 Å². The molecular formula is C18H22N6O. The third-order valence-electron chi connectivity index (χ3n) is 4.49. The molecule has 4 rings (SSSR count). The first-order valence-electron chi connectivity index (χ1n) is 8.60. The highest BCUT2D eigenvalue weighted by molar-refractivity contribution is 5.86. The van der Waals surface area contributed by atoms with Crippen LogP contribution in [0.25, 0.3) is 0 Å². The van der Waals surface area contributed by atoms with Crippen molar-refractivity contribution < 1.29 is 4.74 Å². The summed E-state index contributed by atoms with van der Waals surface area (Å²) in [6.45, 7) is 4.60. The van der Waals surface area contributed by atoms with Gasteiger partial charge in [-0.15, -0.1) is 0 Å². The minimum absolute atomic E-state index is 0.630. The standard InChI is InChI=1S/C18H22N6O/c1-25-16-12-21-18(24-7-2-5-19-6-8-24)23-17(16)22-15-4-3-13-10-20-11-14(13)9-15/h3-4,9,11-12,19H,2,5-8,10H2,1H3,(H,21,22,23). The summed E-state index contributed by atoms with van der Waals surface area (Å²) < 4.78 is 5.43. The zero-order valence-corrected chi connectivity index (χ0v) is 14.3. The van der Waals surface area contributed by atoms with Gasteiger partial charge in [0, 0.05) is 31.5 Å². The van der Waals surface area contributed by atoms with Crippen LogP contribution in [0, 0.1) is 0 Å². The molecule has 2 N–H and O–H groups in total. The van der Waals surface area contributed by atoms with E-state index in [4.69, 9.17) is 9.72 Å². The van der Waals surface area contributed by atoms with Crippen molar-refractivity contribution in [1.29, 1.82) is 0 Å². The normalized spacial score (nSPS) is 16.4. The summed E-state index contributed by atoms with van der Waals surface area (Å²) in [7, 11) is 1.63. The lowest BCUT2D eigenvalue weighted by Gasteiger charge is -2.21. The Labute approximate surface area is 147 Å². The first-order valence-corrected chi connectivity index (χ1v) is 8.60. The number of fused-ring (bicyclic) bond motifs is 1.